The van der Waals surface area contributed by atoms with Crippen molar-refractivity contribution >= 4 is 34.2 Å². The van der Waals surface area contributed by atoms with Gasteiger partial charge in [-0.2, -0.15) is 0 Å². The van der Waals surface area contributed by atoms with Gasteiger partial charge in [-0.1, -0.05) is 34.5 Å². The summed E-state index contributed by atoms with van der Waals surface area (Å²) in [6.07, 6.45) is 4.78. The number of carbonyl (C=O) groups is 1. The number of hydrogen-bond acceptors (Lipinski definition) is 3. The molecule has 1 aliphatic heterocycles. The third-order valence-electron chi connectivity index (χ3n) is 5.40. The Morgan fingerprint density at radius 2 is 1.92 bits per heavy atom. The summed E-state index contributed by atoms with van der Waals surface area (Å²) in [4.78, 5) is 12.9. The summed E-state index contributed by atoms with van der Waals surface area (Å²) in [7, 11) is 0. The molecule has 1 aromatic carbocycles. The molecule has 1 saturated carbocycles. The van der Waals surface area contributed by atoms with Gasteiger partial charge in [0.25, 0.3) is 0 Å². The van der Waals surface area contributed by atoms with E-state index in [1.54, 1.807) is 0 Å². The Kier molecular flexibility index (Phi) is 7.10. The van der Waals surface area contributed by atoms with Crippen LogP contribution in [0.3, 0.4) is 0 Å². The van der Waals surface area contributed by atoms with Crippen LogP contribution in [0.15, 0.2) is 28.7 Å². The molecular weight excluding hydrogens is 392 g/mol. The van der Waals surface area contributed by atoms with Gasteiger partial charge in [-0.3, -0.25) is 4.79 Å². The number of rotatable bonds is 4. The number of hydrogen-bond donors (Lipinski definition) is 2. The third-order valence-corrected chi connectivity index (χ3v) is 5.93. The Balaban J connectivity index is 0.00000208. The minimum Gasteiger partial charge on any atom is -0.381 e. The maximum Gasteiger partial charge on any atom is 0.224 e. The standard InChI is InChI=1S/C18H25BrN2O2.ClH/c19-15-6-4-14(5-7-15)18(8-10-23-11-9-18)21-17(22)16-3-1-2-13(16)12-20;/h4-7,13,16H,1-3,8-12,20H2,(H,21,22);1H/t13-,16-;/m1./s1. The molecule has 1 saturated heterocycles. The normalized spacial score (nSPS) is 25.8. The van der Waals surface area contributed by atoms with Crippen LogP contribution in [0.4, 0.5) is 0 Å². The van der Waals surface area contributed by atoms with Crippen molar-refractivity contribution in [1.29, 1.82) is 0 Å². The van der Waals surface area contributed by atoms with E-state index in [1.165, 1.54) is 5.56 Å². The van der Waals surface area contributed by atoms with Crippen molar-refractivity contribution in [2.45, 2.75) is 37.6 Å². The zero-order chi connectivity index (χ0) is 16.3. The first-order chi connectivity index (χ1) is 11.1. The van der Waals surface area contributed by atoms with Crippen molar-refractivity contribution in [1.82, 2.24) is 5.32 Å². The van der Waals surface area contributed by atoms with E-state index < -0.39 is 0 Å². The van der Waals surface area contributed by atoms with Crippen LogP contribution in [0.2, 0.25) is 0 Å². The molecule has 3 N–H and O–H groups in total. The van der Waals surface area contributed by atoms with Crippen molar-refractivity contribution in [3.8, 4) is 0 Å². The monoisotopic (exact) mass is 416 g/mol. The minimum atomic E-state index is -0.308. The van der Waals surface area contributed by atoms with Crippen LogP contribution in [0.5, 0.6) is 0 Å². The second-order valence-corrected chi connectivity index (χ2v) is 7.64. The highest BCUT2D eigenvalue weighted by Crippen LogP contribution is 2.36. The van der Waals surface area contributed by atoms with Gasteiger partial charge < -0.3 is 15.8 Å². The van der Waals surface area contributed by atoms with Crippen LogP contribution in [0.1, 0.15) is 37.7 Å². The van der Waals surface area contributed by atoms with Crippen molar-refractivity contribution in [3.63, 3.8) is 0 Å². The largest absolute Gasteiger partial charge is 0.381 e. The lowest BCUT2D eigenvalue weighted by atomic mass is 9.81. The Labute approximate surface area is 158 Å². The van der Waals surface area contributed by atoms with Gasteiger partial charge in [-0.05, 0) is 55.8 Å². The van der Waals surface area contributed by atoms with Crippen molar-refractivity contribution in [3.05, 3.63) is 34.3 Å². The summed E-state index contributed by atoms with van der Waals surface area (Å²) in [6.45, 7) is 1.97. The SMILES string of the molecule is Cl.NC[C@H]1CCC[C@H]1C(=O)NC1(c2ccc(Br)cc2)CCOCC1. The molecule has 0 spiro atoms. The number of ether oxygens (including phenoxy) is 1. The smallest absolute Gasteiger partial charge is 0.224 e. The van der Waals surface area contributed by atoms with Gasteiger partial charge in [-0.15, -0.1) is 12.4 Å². The molecule has 0 unspecified atom stereocenters. The van der Waals surface area contributed by atoms with E-state index >= 15 is 0 Å². The van der Waals surface area contributed by atoms with Crippen LogP contribution in [0, 0.1) is 11.8 Å². The molecule has 2 atom stereocenters. The first-order valence-corrected chi connectivity index (χ1v) is 9.30. The average molecular weight is 418 g/mol. The first kappa shape index (κ1) is 19.7. The molecule has 4 nitrogen and oxygen atoms in total. The average Bonchev–Trinajstić information content (AvgIpc) is 3.05. The zero-order valence-corrected chi connectivity index (χ0v) is 16.2. The Morgan fingerprint density at radius 3 is 2.54 bits per heavy atom. The number of halogens is 2. The molecule has 1 aliphatic carbocycles. The molecule has 0 bridgehead atoms. The molecule has 1 aromatic rings. The van der Waals surface area contributed by atoms with Gasteiger partial charge in [0.2, 0.25) is 5.91 Å². The summed E-state index contributed by atoms with van der Waals surface area (Å²) in [5.41, 5.74) is 6.71. The van der Waals surface area contributed by atoms with E-state index in [9.17, 15) is 4.79 Å². The lowest BCUT2D eigenvalue weighted by Gasteiger charge is -2.39. The van der Waals surface area contributed by atoms with Gasteiger partial charge >= 0.3 is 0 Å². The van der Waals surface area contributed by atoms with E-state index in [2.05, 4.69) is 33.4 Å². The van der Waals surface area contributed by atoms with Gasteiger partial charge in [0.15, 0.2) is 0 Å². The topological polar surface area (TPSA) is 64.4 Å². The van der Waals surface area contributed by atoms with Crippen molar-refractivity contribution in [2.75, 3.05) is 19.8 Å². The lowest BCUT2D eigenvalue weighted by molar-refractivity contribution is -0.129. The number of nitrogens with two attached hydrogens (primary N) is 1. The van der Waals surface area contributed by atoms with E-state index in [0.29, 0.717) is 25.7 Å². The Hall–Kier alpha value is -0.620. The number of benzene rings is 1. The summed E-state index contributed by atoms with van der Waals surface area (Å²) < 4.78 is 6.59. The predicted octanol–water partition coefficient (Wildman–Crippen LogP) is 3.37. The number of carbonyl (C=O) groups excluding carboxylic acids is 1. The molecule has 1 heterocycles. The summed E-state index contributed by atoms with van der Waals surface area (Å²) >= 11 is 3.48. The van der Waals surface area contributed by atoms with Crippen LogP contribution >= 0.6 is 28.3 Å². The predicted molar refractivity (Wildman–Crippen MR) is 101 cm³/mol. The van der Waals surface area contributed by atoms with Gasteiger partial charge in [-0.25, -0.2) is 0 Å². The Morgan fingerprint density at radius 1 is 1.25 bits per heavy atom. The fourth-order valence-corrected chi connectivity index (χ4v) is 4.23. The van der Waals surface area contributed by atoms with Crippen molar-refractivity contribution in [2.24, 2.45) is 17.6 Å². The highest BCUT2D eigenvalue weighted by Gasteiger charge is 2.40. The summed E-state index contributed by atoms with van der Waals surface area (Å²) in [6, 6.07) is 8.28. The van der Waals surface area contributed by atoms with Crippen LogP contribution < -0.4 is 11.1 Å². The molecular formula is C18H26BrClN2O2. The molecule has 3 rings (SSSR count). The highest BCUT2D eigenvalue weighted by molar-refractivity contribution is 9.10. The van der Waals surface area contributed by atoms with Crippen molar-refractivity contribution < 1.29 is 9.53 Å². The molecule has 0 radical (unpaired) electrons. The fraction of sp³-hybridized carbons (Fsp3) is 0.611. The quantitative estimate of drug-likeness (QED) is 0.789. The summed E-state index contributed by atoms with van der Waals surface area (Å²) in [5.74, 6) is 0.565. The second kappa shape index (κ2) is 8.65. The molecule has 6 heteroatoms. The van der Waals surface area contributed by atoms with Crippen LogP contribution in [0.25, 0.3) is 0 Å². The minimum absolute atomic E-state index is 0. The van der Waals surface area contributed by atoms with E-state index in [0.717, 1.165) is 36.6 Å². The molecule has 24 heavy (non-hydrogen) atoms. The highest BCUT2D eigenvalue weighted by atomic mass is 79.9. The maximum atomic E-state index is 12.9. The Bertz CT molecular complexity index is 546. The van der Waals surface area contributed by atoms with E-state index in [-0.39, 0.29) is 29.8 Å². The maximum absolute atomic E-state index is 12.9. The second-order valence-electron chi connectivity index (χ2n) is 6.72. The summed E-state index contributed by atoms with van der Waals surface area (Å²) in [5, 5.41) is 3.38. The molecule has 1 amide bonds. The number of amides is 1. The van der Waals surface area contributed by atoms with Crippen LogP contribution in [-0.4, -0.2) is 25.7 Å². The molecule has 134 valence electrons. The molecule has 2 aliphatic rings. The third kappa shape index (κ3) is 4.13. The van der Waals surface area contributed by atoms with Gasteiger partial charge in [0.05, 0.1) is 5.54 Å². The number of nitrogens with one attached hydrogen (secondary N) is 1. The lowest BCUT2D eigenvalue weighted by Crippen LogP contribution is -2.52. The van der Waals surface area contributed by atoms with Gasteiger partial charge in [0.1, 0.15) is 0 Å². The zero-order valence-electron chi connectivity index (χ0n) is 13.8. The van der Waals surface area contributed by atoms with Crippen LogP contribution in [-0.2, 0) is 15.1 Å². The first-order valence-electron chi connectivity index (χ1n) is 8.50. The van der Waals surface area contributed by atoms with Gasteiger partial charge in [0, 0.05) is 23.6 Å². The van der Waals surface area contributed by atoms with E-state index in [4.69, 9.17) is 10.5 Å². The van der Waals surface area contributed by atoms with E-state index in [1.807, 2.05) is 12.1 Å². The fourth-order valence-electron chi connectivity index (χ4n) is 3.97. The molecule has 0 aromatic heterocycles. The molecule has 2 fully saturated rings.